The minimum atomic E-state index is -3.29. The average molecular weight is 485 g/mol. The summed E-state index contributed by atoms with van der Waals surface area (Å²) in [5.74, 6) is -0.630. The van der Waals surface area contributed by atoms with Crippen LogP contribution in [-0.2, 0) is 14.6 Å². The number of sulfone groups is 1. The van der Waals surface area contributed by atoms with Crippen molar-refractivity contribution in [3.63, 3.8) is 0 Å². The fourth-order valence-corrected chi connectivity index (χ4v) is 4.24. The van der Waals surface area contributed by atoms with Crippen molar-refractivity contribution in [2.45, 2.75) is 30.3 Å². The van der Waals surface area contributed by atoms with Crippen LogP contribution < -0.4 is 10.6 Å². The Morgan fingerprint density at radius 2 is 1.45 bits per heavy atom. The molecule has 2 N–H and O–H groups in total. The van der Waals surface area contributed by atoms with Crippen molar-refractivity contribution in [1.29, 1.82) is 0 Å². The highest BCUT2D eigenvalue weighted by molar-refractivity contribution is 7.90. The quantitative estimate of drug-likeness (QED) is 0.493. The Kier molecular flexibility index (Phi) is 7.89. The normalized spacial score (nSPS) is 13.1. The van der Waals surface area contributed by atoms with E-state index in [1.54, 1.807) is 36.4 Å². The molecule has 2 unspecified atom stereocenters. The Labute approximate surface area is 198 Å². The topological polar surface area (TPSA) is 92.3 Å². The summed E-state index contributed by atoms with van der Waals surface area (Å²) in [6.07, 6.45) is 1.17. The predicted molar refractivity (Wildman–Crippen MR) is 129 cm³/mol. The van der Waals surface area contributed by atoms with E-state index < -0.39 is 15.9 Å². The minimum absolute atomic E-state index is 0.0198. The maximum Gasteiger partial charge on any atom is 0.253 e. The summed E-state index contributed by atoms with van der Waals surface area (Å²) < 4.78 is 23.3. The van der Waals surface area contributed by atoms with Crippen LogP contribution in [0.4, 0.5) is 0 Å². The molecule has 3 rings (SSSR count). The molecule has 172 valence electrons. The van der Waals surface area contributed by atoms with Crippen LogP contribution in [0.15, 0.2) is 83.8 Å². The first-order chi connectivity index (χ1) is 15.6. The van der Waals surface area contributed by atoms with Crippen LogP contribution in [0.3, 0.4) is 0 Å². The van der Waals surface area contributed by atoms with Crippen molar-refractivity contribution in [2.75, 3.05) is 6.26 Å². The summed E-state index contributed by atoms with van der Waals surface area (Å²) in [5.41, 5.74) is 1.89. The standard InChI is InChI=1S/C25H25ClN2O4S/c1-17(18-12-14-20(15-13-18)33(2,31)32)27-24(29)16-23(19-8-4-3-5-9-19)28-25(30)21-10-6-7-11-22(21)26/h3-15,17,23H,16H2,1-2H3,(H,27,29)(H,28,30). The third-order valence-corrected chi connectivity index (χ3v) is 6.66. The maximum absolute atomic E-state index is 12.8. The molecule has 0 radical (unpaired) electrons. The van der Waals surface area contributed by atoms with Gasteiger partial charge in [0.15, 0.2) is 9.84 Å². The van der Waals surface area contributed by atoms with E-state index >= 15 is 0 Å². The molecule has 8 heteroatoms. The molecule has 0 bridgehead atoms. The number of nitrogens with one attached hydrogen (secondary N) is 2. The van der Waals surface area contributed by atoms with Gasteiger partial charge in [0.1, 0.15) is 0 Å². The van der Waals surface area contributed by atoms with Crippen LogP contribution in [0.25, 0.3) is 0 Å². The van der Waals surface area contributed by atoms with Crippen LogP contribution >= 0.6 is 11.6 Å². The van der Waals surface area contributed by atoms with Gasteiger partial charge in [-0.05, 0) is 42.3 Å². The molecule has 0 aliphatic heterocycles. The van der Waals surface area contributed by atoms with Gasteiger partial charge in [-0.2, -0.15) is 0 Å². The summed E-state index contributed by atoms with van der Waals surface area (Å²) in [7, 11) is -3.29. The van der Waals surface area contributed by atoms with Crippen molar-refractivity contribution in [3.05, 3.63) is 101 Å². The fraction of sp³-hybridized carbons (Fsp3) is 0.200. The number of amides is 2. The summed E-state index contributed by atoms with van der Waals surface area (Å²) >= 11 is 6.15. The molecule has 2 amide bonds. The molecular formula is C25H25ClN2O4S. The lowest BCUT2D eigenvalue weighted by Gasteiger charge is -2.21. The Hall–Kier alpha value is -3.16. The minimum Gasteiger partial charge on any atom is -0.350 e. The van der Waals surface area contributed by atoms with E-state index in [2.05, 4.69) is 10.6 Å². The highest BCUT2D eigenvalue weighted by atomic mass is 35.5. The highest BCUT2D eigenvalue weighted by Crippen LogP contribution is 2.22. The second kappa shape index (κ2) is 10.6. The van der Waals surface area contributed by atoms with E-state index in [0.29, 0.717) is 10.6 Å². The van der Waals surface area contributed by atoms with Gasteiger partial charge < -0.3 is 10.6 Å². The number of benzene rings is 3. The van der Waals surface area contributed by atoms with Crippen molar-refractivity contribution in [3.8, 4) is 0 Å². The molecule has 0 spiro atoms. The smallest absolute Gasteiger partial charge is 0.253 e. The lowest BCUT2D eigenvalue weighted by molar-refractivity contribution is -0.122. The number of halogens is 1. The summed E-state index contributed by atoms with van der Waals surface area (Å²) in [4.78, 5) is 25.9. The van der Waals surface area contributed by atoms with Gasteiger partial charge in [0.25, 0.3) is 5.91 Å². The van der Waals surface area contributed by atoms with E-state index in [1.807, 2.05) is 37.3 Å². The largest absolute Gasteiger partial charge is 0.350 e. The zero-order valence-corrected chi connectivity index (χ0v) is 19.9. The molecule has 3 aromatic rings. The predicted octanol–water partition coefficient (Wildman–Crippen LogP) is 4.48. The van der Waals surface area contributed by atoms with Crippen LogP contribution in [0.1, 0.15) is 46.9 Å². The van der Waals surface area contributed by atoms with Crippen LogP contribution in [0, 0.1) is 0 Å². The van der Waals surface area contributed by atoms with E-state index in [-0.39, 0.29) is 29.2 Å². The van der Waals surface area contributed by atoms with Crippen molar-refractivity contribution in [1.82, 2.24) is 10.6 Å². The Balaban J connectivity index is 1.72. The van der Waals surface area contributed by atoms with Gasteiger partial charge in [-0.15, -0.1) is 0 Å². The molecule has 3 aromatic carbocycles. The van der Waals surface area contributed by atoms with Crippen molar-refractivity contribution >= 4 is 33.3 Å². The Bertz CT molecular complexity index is 1230. The number of hydrogen-bond donors (Lipinski definition) is 2. The molecule has 0 saturated heterocycles. The number of rotatable bonds is 8. The third-order valence-electron chi connectivity index (χ3n) is 5.20. The molecule has 0 heterocycles. The number of carbonyl (C=O) groups excluding carboxylic acids is 2. The van der Waals surface area contributed by atoms with E-state index in [9.17, 15) is 18.0 Å². The van der Waals surface area contributed by atoms with Crippen molar-refractivity contribution in [2.24, 2.45) is 0 Å². The lowest BCUT2D eigenvalue weighted by Crippen LogP contribution is -2.34. The first-order valence-electron chi connectivity index (χ1n) is 10.3. The van der Waals surface area contributed by atoms with Gasteiger partial charge in [-0.25, -0.2) is 8.42 Å². The number of hydrogen-bond acceptors (Lipinski definition) is 4. The summed E-state index contributed by atoms with van der Waals surface area (Å²) in [6.45, 7) is 1.81. The van der Waals surface area contributed by atoms with Gasteiger partial charge >= 0.3 is 0 Å². The van der Waals surface area contributed by atoms with Gasteiger partial charge in [0, 0.05) is 6.26 Å². The molecule has 0 aliphatic rings. The second-order valence-corrected chi connectivity index (χ2v) is 10.2. The zero-order chi connectivity index (χ0) is 24.0. The zero-order valence-electron chi connectivity index (χ0n) is 18.3. The second-order valence-electron chi connectivity index (χ2n) is 7.75. The van der Waals surface area contributed by atoms with E-state index in [4.69, 9.17) is 11.6 Å². The SMILES string of the molecule is CC(NC(=O)CC(NC(=O)c1ccccc1Cl)c1ccccc1)c1ccc(S(C)(=O)=O)cc1. The van der Waals surface area contributed by atoms with Crippen LogP contribution in [-0.4, -0.2) is 26.5 Å². The Morgan fingerprint density at radius 1 is 0.848 bits per heavy atom. The monoisotopic (exact) mass is 484 g/mol. The molecular weight excluding hydrogens is 460 g/mol. The van der Waals surface area contributed by atoms with E-state index in [0.717, 1.165) is 17.4 Å². The molecule has 0 aliphatic carbocycles. The fourth-order valence-electron chi connectivity index (χ4n) is 3.39. The highest BCUT2D eigenvalue weighted by Gasteiger charge is 2.21. The maximum atomic E-state index is 12.8. The number of carbonyl (C=O) groups is 2. The summed E-state index contributed by atoms with van der Waals surface area (Å²) in [5, 5.41) is 6.15. The van der Waals surface area contributed by atoms with Crippen molar-refractivity contribution < 1.29 is 18.0 Å². The van der Waals surface area contributed by atoms with Gasteiger partial charge in [-0.3, -0.25) is 9.59 Å². The molecule has 0 saturated carbocycles. The average Bonchev–Trinajstić information content (AvgIpc) is 2.79. The first-order valence-corrected chi connectivity index (χ1v) is 12.6. The molecule has 0 aromatic heterocycles. The third kappa shape index (κ3) is 6.66. The van der Waals surface area contributed by atoms with Gasteiger partial charge in [0.2, 0.25) is 5.91 Å². The first kappa shape index (κ1) is 24.5. The Morgan fingerprint density at radius 3 is 2.06 bits per heavy atom. The van der Waals surface area contributed by atoms with Gasteiger partial charge in [0.05, 0.1) is 34.0 Å². The van der Waals surface area contributed by atoms with Crippen LogP contribution in [0.5, 0.6) is 0 Å². The molecule has 6 nitrogen and oxygen atoms in total. The summed E-state index contributed by atoms with van der Waals surface area (Å²) in [6, 6.07) is 21.4. The lowest BCUT2D eigenvalue weighted by atomic mass is 10.0. The molecule has 0 fully saturated rings. The van der Waals surface area contributed by atoms with Gasteiger partial charge in [-0.1, -0.05) is 66.2 Å². The van der Waals surface area contributed by atoms with Crippen LogP contribution in [0.2, 0.25) is 5.02 Å². The van der Waals surface area contributed by atoms with E-state index in [1.165, 1.54) is 12.1 Å². The molecule has 33 heavy (non-hydrogen) atoms. The molecule has 2 atom stereocenters.